The fraction of sp³-hybridized carbons (Fsp3) is 0.333. The van der Waals surface area contributed by atoms with Crippen LogP contribution in [-0.4, -0.2) is 72.8 Å². The number of nitrogens with one attached hydrogen (secondary N) is 1. The molecule has 2 aromatic rings. The summed E-state index contributed by atoms with van der Waals surface area (Å²) >= 11 is 5.84. The summed E-state index contributed by atoms with van der Waals surface area (Å²) in [6, 6.07) is 13.9. The molecule has 0 atom stereocenters. The maximum Gasteiger partial charge on any atom is 0.260 e. The topological polar surface area (TPSA) is 99.3 Å². The fourth-order valence-electron chi connectivity index (χ4n) is 3.94. The molecule has 4 amide bonds. The molecule has 2 heterocycles. The fourth-order valence-corrected chi connectivity index (χ4v) is 4.06. The number of anilines is 2. The molecular formula is C24H25ClN4O5. The van der Waals surface area contributed by atoms with Crippen LogP contribution in [0.15, 0.2) is 48.5 Å². The molecule has 0 aliphatic carbocycles. The number of piperazine rings is 1. The van der Waals surface area contributed by atoms with Crippen LogP contribution >= 0.6 is 11.6 Å². The smallest absolute Gasteiger partial charge is 0.260 e. The Kier molecular flexibility index (Phi) is 7.32. The lowest BCUT2D eigenvalue weighted by Gasteiger charge is -2.35. The molecule has 2 aromatic carbocycles. The third-order valence-electron chi connectivity index (χ3n) is 5.79. The van der Waals surface area contributed by atoms with Gasteiger partial charge in [0.1, 0.15) is 12.3 Å². The van der Waals surface area contributed by atoms with Gasteiger partial charge in [-0.1, -0.05) is 23.7 Å². The molecule has 0 aromatic heterocycles. The average Bonchev–Trinajstić information content (AvgIpc) is 2.86. The summed E-state index contributed by atoms with van der Waals surface area (Å²) in [5, 5.41) is 3.33. The zero-order valence-corrected chi connectivity index (χ0v) is 19.3. The first-order valence-corrected chi connectivity index (χ1v) is 11.4. The van der Waals surface area contributed by atoms with E-state index in [9.17, 15) is 19.2 Å². The first kappa shape index (κ1) is 23.6. The molecule has 2 aliphatic heterocycles. The van der Waals surface area contributed by atoms with Gasteiger partial charge in [-0.3, -0.25) is 19.2 Å². The Labute approximate surface area is 202 Å². The molecule has 0 bridgehead atoms. The zero-order valence-electron chi connectivity index (χ0n) is 18.5. The molecule has 1 fully saturated rings. The molecule has 1 saturated heterocycles. The van der Waals surface area contributed by atoms with E-state index < -0.39 is 0 Å². The molecule has 34 heavy (non-hydrogen) atoms. The number of nitrogens with zero attached hydrogens (tertiary/aromatic N) is 3. The number of carbonyl (C=O) groups excluding carboxylic acids is 4. The van der Waals surface area contributed by atoms with Crippen LogP contribution in [0.25, 0.3) is 0 Å². The van der Waals surface area contributed by atoms with E-state index in [0.717, 1.165) is 0 Å². The van der Waals surface area contributed by atoms with E-state index in [-0.39, 0.29) is 49.6 Å². The molecule has 0 spiro atoms. The number of amides is 4. The van der Waals surface area contributed by atoms with Gasteiger partial charge in [0.2, 0.25) is 17.7 Å². The van der Waals surface area contributed by atoms with Crippen LogP contribution in [0.4, 0.5) is 11.4 Å². The second-order valence-corrected chi connectivity index (χ2v) is 8.49. The highest BCUT2D eigenvalue weighted by atomic mass is 35.5. The molecule has 1 N–H and O–H groups in total. The highest BCUT2D eigenvalue weighted by Crippen LogP contribution is 2.29. The maximum atomic E-state index is 12.7. The number of halogens is 1. The first-order chi connectivity index (χ1) is 16.4. The van der Waals surface area contributed by atoms with Crippen LogP contribution < -0.4 is 15.0 Å². The number of fused-ring (bicyclic) bond motifs is 1. The second-order valence-electron chi connectivity index (χ2n) is 8.05. The van der Waals surface area contributed by atoms with E-state index in [1.807, 2.05) is 0 Å². The largest absolute Gasteiger partial charge is 0.484 e. The van der Waals surface area contributed by atoms with Gasteiger partial charge in [-0.2, -0.15) is 0 Å². The number of para-hydroxylation sites is 2. The molecule has 10 heteroatoms. The third kappa shape index (κ3) is 5.66. The van der Waals surface area contributed by atoms with Crippen LogP contribution in [0.2, 0.25) is 5.02 Å². The number of ether oxygens (including phenoxy) is 1. The SMILES string of the molecule is O=C1CN(C(=O)CCC(=O)N2CCN(C(=O)COc3ccc(Cl)cc3)CC2)c2ccccc2N1. The number of hydrogen-bond acceptors (Lipinski definition) is 5. The molecule has 0 radical (unpaired) electrons. The van der Waals surface area contributed by atoms with Crippen molar-refractivity contribution in [2.24, 2.45) is 0 Å². The van der Waals surface area contributed by atoms with Crippen molar-refractivity contribution in [1.29, 1.82) is 0 Å². The third-order valence-corrected chi connectivity index (χ3v) is 6.04. The minimum Gasteiger partial charge on any atom is -0.484 e. The Bertz CT molecular complexity index is 1080. The predicted molar refractivity (Wildman–Crippen MR) is 127 cm³/mol. The van der Waals surface area contributed by atoms with Crippen molar-refractivity contribution in [3.05, 3.63) is 53.6 Å². The van der Waals surface area contributed by atoms with Crippen LogP contribution in [0, 0.1) is 0 Å². The van der Waals surface area contributed by atoms with Gasteiger partial charge in [-0.15, -0.1) is 0 Å². The quantitative estimate of drug-likeness (QED) is 0.677. The molecule has 9 nitrogen and oxygen atoms in total. The minimum absolute atomic E-state index is 0.00846. The summed E-state index contributed by atoms with van der Waals surface area (Å²) in [5.41, 5.74) is 1.21. The van der Waals surface area contributed by atoms with Gasteiger partial charge in [-0.05, 0) is 36.4 Å². The zero-order chi connectivity index (χ0) is 24.1. The summed E-state index contributed by atoms with van der Waals surface area (Å²) in [6.45, 7) is 1.45. The van der Waals surface area contributed by atoms with E-state index in [1.165, 1.54) is 4.90 Å². The summed E-state index contributed by atoms with van der Waals surface area (Å²) < 4.78 is 5.50. The summed E-state index contributed by atoms with van der Waals surface area (Å²) in [7, 11) is 0. The number of benzene rings is 2. The van der Waals surface area contributed by atoms with Crippen molar-refractivity contribution in [1.82, 2.24) is 9.80 Å². The molecule has 2 aliphatic rings. The van der Waals surface area contributed by atoms with Gasteiger partial charge >= 0.3 is 0 Å². The Morgan fingerprint density at radius 3 is 2.18 bits per heavy atom. The van der Waals surface area contributed by atoms with Gasteiger partial charge in [0.05, 0.1) is 11.4 Å². The maximum absolute atomic E-state index is 12.7. The molecule has 4 rings (SSSR count). The van der Waals surface area contributed by atoms with Crippen LogP contribution in [0.3, 0.4) is 0 Å². The van der Waals surface area contributed by atoms with Crippen LogP contribution in [-0.2, 0) is 19.2 Å². The molecule has 178 valence electrons. The molecular weight excluding hydrogens is 460 g/mol. The lowest BCUT2D eigenvalue weighted by Crippen LogP contribution is -2.51. The Morgan fingerprint density at radius 2 is 1.47 bits per heavy atom. The lowest BCUT2D eigenvalue weighted by atomic mass is 10.1. The number of rotatable bonds is 6. The van der Waals surface area contributed by atoms with Crippen LogP contribution in [0.5, 0.6) is 5.75 Å². The number of hydrogen-bond donors (Lipinski definition) is 1. The van der Waals surface area contributed by atoms with Crippen molar-refractivity contribution in [2.75, 3.05) is 49.5 Å². The highest BCUT2D eigenvalue weighted by molar-refractivity contribution is 6.30. The Balaban J connectivity index is 1.22. The van der Waals surface area contributed by atoms with E-state index in [2.05, 4.69) is 5.32 Å². The van der Waals surface area contributed by atoms with Gasteiger partial charge < -0.3 is 24.8 Å². The summed E-state index contributed by atoms with van der Waals surface area (Å²) in [5.74, 6) is -0.278. The van der Waals surface area contributed by atoms with Gasteiger partial charge in [0, 0.05) is 44.0 Å². The summed E-state index contributed by atoms with van der Waals surface area (Å²) in [4.78, 5) is 54.5. The second kappa shape index (κ2) is 10.6. The predicted octanol–water partition coefficient (Wildman–Crippen LogP) is 2.16. The highest BCUT2D eigenvalue weighted by Gasteiger charge is 2.28. The van der Waals surface area contributed by atoms with Crippen molar-refractivity contribution < 1.29 is 23.9 Å². The van der Waals surface area contributed by atoms with Gasteiger partial charge in [-0.25, -0.2) is 0 Å². The average molecular weight is 485 g/mol. The van der Waals surface area contributed by atoms with Crippen molar-refractivity contribution >= 4 is 46.6 Å². The van der Waals surface area contributed by atoms with Crippen molar-refractivity contribution in [2.45, 2.75) is 12.8 Å². The molecule has 0 unspecified atom stereocenters. The normalized spacial score (nSPS) is 15.4. The molecule has 0 saturated carbocycles. The van der Waals surface area contributed by atoms with Gasteiger partial charge in [0.15, 0.2) is 6.61 Å². The van der Waals surface area contributed by atoms with E-state index in [1.54, 1.807) is 58.3 Å². The Hall–Kier alpha value is -3.59. The number of carbonyl (C=O) groups is 4. The minimum atomic E-state index is -0.274. The van der Waals surface area contributed by atoms with Gasteiger partial charge in [0.25, 0.3) is 5.91 Å². The Morgan fingerprint density at radius 1 is 0.853 bits per heavy atom. The first-order valence-electron chi connectivity index (χ1n) is 11.0. The lowest BCUT2D eigenvalue weighted by molar-refractivity contribution is -0.141. The van der Waals surface area contributed by atoms with E-state index in [4.69, 9.17) is 16.3 Å². The van der Waals surface area contributed by atoms with Crippen LogP contribution in [0.1, 0.15) is 12.8 Å². The van der Waals surface area contributed by atoms with Crippen molar-refractivity contribution in [3.8, 4) is 5.75 Å². The summed E-state index contributed by atoms with van der Waals surface area (Å²) in [6.07, 6.45) is 0.0568. The van der Waals surface area contributed by atoms with Crippen molar-refractivity contribution in [3.63, 3.8) is 0 Å². The van der Waals surface area contributed by atoms with E-state index in [0.29, 0.717) is 48.3 Å². The van der Waals surface area contributed by atoms with E-state index >= 15 is 0 Å². The monoisotopic (exact) mass is 484 g/mol. The standard InChI is InChI=1S/C24H25ClN4O5/c25-17-5-7-18(8-6-17)34-16-24(33)28-13-11-27(12-14-28)22(31)9-10-23(32)29-15-21(30)26-19-3-1-2-4-20(19)29/h1-8H,9-16H2,(H,26,30).